The van der Waals surface area contributed by atoms with E-state index in [1.165, 1.54) is 12.1 Å². The molecule has 1 atom stereocenters. The molecule has 4 aromatic carbocycles. The number of amides is 1. The summed E-state index contributed by atoms with van der Waals surface area (Å²) in [4.78, 5) is 34.2. The molecule has 0 spiro atoms. The average Bonchev–Trinajstić information content (AvgIpc) is 3.51. The lowest BCUT2D eigenvalue weighted by Crippen LogP contribution is -2.59. The van der Waals surface area contributed by atoms with Gasteiger partial charge in [-0.05, 0) is 62.6 Å². The van der Waals surface area contributed by atoms with Crippen LogP contribution in [0, 0.1) is 17.2 Å². The SMILES string of the molecule is CC(C)[C@@H]1CN(S(=O)(=O)c2cc3ccc(Cl)cc3n2C(=O)OC(C)(C)C)CC(=O)N1Cc1ccc(C#N)c(N=C(c2ccccc2)c2ccccc2)c1. The van der Waals surface area contributed by atoms with E-state index in [1.807, 2.05) is 80.6 Å². The molecule has 0 aliphatic carbocycles. The van der Waals surface area contributed by atoms with Gasteiger partial charge >= 0.3 is 6.09 Å². The molecule has 0 bridgehead atoms. The van der Waals surface area contributed by atoms with Crippen molar-refractivity contribution in [2.24, 2.45) is 10.9 Å². The number of nitriles is 1. The third-order valence-electron chi connectivity index (χ3n) is 8.97. The summed E-state index contributed by atoms with van der Waals surface area (Å²) in [5, 5.41) is 10.5. The summed E-state index contributed by atoms with van der Waals surface area (Å²) >= 11 is 6.27. The Balaban J connectivity index is 1.34. The van der Waals surface area contributed by atoms with Gasteiger partial charge in [0, 0.05) is 40.7 Å². The maximum atomic E-state index is 14.4. The third-order valence-corrected chi connectivity index (χ3v) is 11.0. The molecule has 1 saturated heterocycles. The minimum absolute atomic E-state index is 0.00418. The number of hydrogen-bond acceptors (Lipinski definition) is 7. The van der Waals surface area contributed by atoms with Crippen molar-refractivity contribution in [3.63, 3.8) is 0 Å². The maximum Gasteiger partial charge on any atom is 0.420 e. The fourth-order valence-corrected chi connectivity index (χ4v) is 8.13. The van der Waals surface area contributed by atoms with E-state index < -0.39 is 40.2 Å². The molecule has 6 rings (SSSR count). The molecule has 0 saturated carbocycles. The van der Waals surface area contributed by atoms with Gasteiger partial charge in [-0.25, -0.2) is 22.8 Å². The van der Waals surface area contributed by atoms with Gasteiger partial charge in [-0.3, -0.25) is 4.79 Å². The van der Waals surface area contributed by atoms with Crippen molar-refractivity contribution in [2.45, 2.75) is 57.8 Å². The Morgan fingerprint density at radius 1 is 0.962 bits per heavy atom. The van der Waals surface area contributed by atoms with E-state index in [4.69, 9.17) is 21.3 Å². The van der Waals surface area contributed by atoms with Crippen molar-refractivity contribution in [1.29, 1.82) is 5.26 Å². The molecule has 1 aromatic heterocycles. The monoisotopic (exact) mass is 749 g/mol. The summed E-state index contributed by atoms with van der Waals surface area (Å²) in [6, 6.07) is 32.6. The molecule has 1 aliphatic rings. The zero-order valence-corrected chi connectivity index (χ0v) is 31.7. The van der Waals surface area contributed by atoms with E-state index in [0.717, 1.165) is 25.6 Å². The van der Waals surface area contributed by atoms with Crippen LogP contribution in [-0.4, -0.2) is 64.6 Å². The number of fused-ring (bicyclic) bond motifs is 1. The van der Waals surface area contributed by atoms with E-state index in [9.17, 15) is 23.3 Å². The van der Waals surface area contributed by atoms with Gasteiger partial charge in [-0.1, -0.05) is 98.2 Å². The zero-order chi connectivity index (χ0) is 38.1. The standard InChI is InChI=1S/C41H40ClN5O5S/c1-27(2)36-25-45(53(50,51)38-21-31-18-19-33(42)22-35(31)47(38)40(49)52-41(3,4)5)26-37(48)46(36)24-28-16-17-32(23-43)34(20-28)44-39(29-12-8-6-9-13-29)30-14-10-7-11-15-30/h6-22,27,36H,24-26H2,1-5H3/t36-/m0/s1. The van der Waals surface area contributed by atoms with Gasteiger partial charge in [0.1, 0.15) is 11.7 Å². The van der Waals surface area contributed by atoms with Crippen molar-refractivity contribution in [2.75, 3.05) is 13.1 Å². The molecule has 0 radical (unpaired) electrons. The lowest BCUT2D eigenvalue weighted by atomic mass is 9.99. The third kappa shape index (κ3) is 8.05. The fraction of sp³-hybridized carbons (Fsp3) is 0.268. The lowest BCUT2D eigenvalue weighted by molar-refractivity contribution is -0.139. The first-order valence-corrected chi connectivity index (χ1v) is 19.0. The van der Waals surface area contributed by atoms with Crippen molar-refractivity contribution in [1.82, 2.24) is 13.8 Å². The number of rotatable bonds is 8. The molecular weight excluding hydrogens is 710 g/mol. The van der Waals surface area contributed by atoms with Crippen LogP contribution in [-0.2, 0) is 26.1 Å². The summed E-state index contributed by atoms with van der Waals surface area (Å²) in [5.74, 6) is -0.531. The number of aromatic nitrogens is 1. The fourth-order valence-electron chi connectivity index (χ4n) is 6.39. The largest absolute Gasteiger partial charge is 0.443 e. The van der Waals surface area contributed by atoms with Crippen molar-refractivity contribution in [3.8, 4) is 6.07 Å². The van der Waals surface area contributed by atoms with Crippen LogP contribution in [0.1, 0.15) is 56.9 Å². The highest BCUT2D eigenvalue weighted by atomic mass is 35.5. The van der Waals surface area contributed by atoms with Crippen molar-refractivity contribution >= 4 is 55.9 Å². The molecule has 12 heteroatoms. The molecule has 5 aromatic rings. The topological polar surface area (TPSA) is 125 Å². The molecule has 53 heavy (non-hydrogen) atoms. The van der Waals surface area contributed by atoms with Crippen LogP contribution >= 0.6 is 11.6 Å². The molecule has 0 unspecified atom stereocenters. The van der Waals surface area contributed by atoms with Crippen LogP contribution in [0.3, 0.4) is 0 Å². The van der Waals surface area contributed by atoms with Gasteiger partial charge in [0.05, 0.1) is 29.0 Å². The first-order valence-electron chi connectivity index (χ1n) is 17.2. The predicted molar refractivity (Wildman–Crippen MR) is 206 cm³/mol. The minimum Gasteiger partial charge on any atom is -0.443 e. The number of carbonyl (C=O) groups excluding carboxylic acids is 2. The second-order valence-corrected chi connectivity index (χ2v) is 16.6. The molecular formula is C41H40ClN5O5S. The second-order valence-electron chi connectivity index (χ2n) is 14.3. The van der Waals surface area contributed by atoms with Crippen LogP contribution in [0.5, 0.6) is 0 Å². The van der Waals surface area contributed by atoms with Gasteiger partial charge in [0.2, 0.25) is 5.91 Å². The number of hydrogen-bond donors (Lipinski definition) is 0. The van der Waals surface area contributed by atoms with Crippen LogP contribution in [0.25, 0.3) is 10.9 Å². The summed E-state index contributed by atoms with van der Waals surface area (Å²) in [5.41, 5.74) is 3.40. The number of nitrogens with zero attached hydrogens (tertiary/aromatic N) is 5. The van der Waals surface area contributed by atoms with E-state index in [0.29, 0.717) is 27.4 Å². The molecule has 2 heterocycles. The summed E-state index contributed by atoms with van der Waals surface area (Å²) in [6.45, 7) is 8.67. The normalized spacial score (nSPS) is 15.4. The van der Waals surface area contributed by atoms with Gasteiger partial charge < -0.3 is 9.64 Å². The first kappa shape index (κ1) is 37.5. The maximum absolute atomic E-state index is 14.4. The molecule has 0 N–H and O–H groups in total. The highest BCUT2D eigenvalue weighted by Crippen LogP contribution is 2.32. The summed E-state index contributed by atoms with van der Waals surface area (Å²) in [6.07, 6.45) is -0.874. The quantitative estimate of drug-likeness (QED) is 0.147. The van der Waals surface area contributed by atoms with Crippen molar-refractivity contribution in [3.05, 3.63) is 130 Å². The Kier molecular flexibility index (Phi) is 10.6. The number of carbonyl (C=O) groups is 2. The smallest absolute Gasteiger partial charge is 0.420 e. The molecule has 272 valence electrons. The Morgan fingerprint density at radius 3 is 2.19 bits per heavy atom. The van der Waals surface area contributed by atoms with Crippen molar-refractivity contribution < 1.29 is 22.7 Å². The predicted octanol–water partition coefficient (Wildman–Crippen LogP) is 8.18. The van der Waals surface area contributed by atoms with Gasteiger partial charge in [0.25, 0.3) is 10.0 Å². The second kappa shape index (κ2) is 15.0. The Hall–Kier alpha value is -5.28. The van der Waals surface area contributed by atoms with Crippen LogP contribution in [0.15, 0.2) is 113 Å². The lowest BCUT2D eigenvalue weighted by Gasteiger charge is -2.42. The zero-order valence-electron chi connectivity index (χ0n) is 30.2. The molecule has 1 amide bonds. The number of piperazine rings is 1. The van der Waals surface area contributed by atoms with Crippen LogP contribution in [0.2, 0.25) is 5.02 Å². The number of sulfonamides is 1. The van der Waals surface area contributed by atoms with Crippen LogP contribution in [0.4, 0.5) is 10.5 Å². The van der Waals surface area contributed by atoms with E-state index in [-0.39, 0.29) is 29.6 Å². The van der Waals surface area contributed by atoms with E-state index >= 15 is 0 Å². The summed E-state index contributed by atoms with van der Waals surface area (Å²) in [7, 11) is -4.39. The van der Waals surface area contributed by atoms with Gasteiger partial charge in [-0.2, -0.15) is 9.57 Å². The number of ether oxygens (including phenoxy) is 1. The van der Waals surface area contributed by atoms with Gasteiger partial charge in [-0.15, -0.1) is 0 Å². The number of benzene rings is 4. The number of aliphatic imine (C=N–C) groups is 1. The molecule has 1 aliphatic heterocycles. The highest BCUT2D eigenvalue weighted by Gasteiger charge is 2.42. The Bertz CT molecular complexity index is 2320. The van der Waals surface area contributed by atoms with Gasteiger partial charge in [0.15, 0.2) is 5.03 Å². The Morgan fingerprint density at radius 2 is 1.60 bits per heavy atom. The van der Waals surface area contributed by atoms with Crippen LogP contribution < -0.4 is 0 Å². The highest BCUT2D eigenvalue weighted by molar-refractivity contribution is 7.89. The average molecular weight is 750 g/mol. The molecule has 1 fully saturated rings. The van der Waals surface area contributed by atoms with E-state index in [1.54, 1.807) is 49.9 Å². The summed E-state index contributed by atoms with van der Waals surface area (Å²) < 4.78 is 36.6. The molecule has 10 nitrogen and oxygen atoms in total. The first-order chi connectivity index (χ1) is 25.2. The Labute approximate surface area is 314 Å². The van der Waals surface area contributed by atoms with E-state index in [2.05, 4.69) is 6.07 Å². The number of halogens is 1. The minimum atomic E-state index is -4.39.